The smallest absolute Gasteiger partial charge is 0.163 e. The lowest BCUT2D eigenvalue weighted by molar-refractivity contribution is 0.672. The second-order valence-electron chi connectivity index (χ2n) is 2.14. The van der Waals surface area contributed by atoms with Crippen LogP contribution >= 0.6 is 12.2 Å². The van der Waals surface area contributed by atoms with Gasteiger partial charge in [0.1, 0.15) is 0 Å². The maximum absolute atomic E-state index is 5.30. The Morgan fingerprint density at radius 2 is 2.00 bits per heavy atom. The van der Waals surface area contributed by atoms with Crippen LogP contribution in [0.4, 0.5) is 0 Å². The van der Waals surface area contributed by atoms with Crippen molar-refractivity contribution < 1.29 is 0 Å². The van der Waals surface area contributed by atoms with Crippen LogP contribution in [0.5, 0.6) is 0 Å². The van der Waals surface area contributed by atoms with Crippen molar-refractivity contribution in [2.75, 3.05) is 13.1 Å². The highest BCUT2D eigenvalue weighted by Crippen LogP contribution is 1.90. The van der Waals surface area contributed by atoms with E-state index in [0.717, 1.165) is 32.4 Å². The molecule has 10 heavy (non-hydrogen) atoms. The van der Waals surface area contributed by atoms with Gasteiger partial charge in [-0.05, 0) is 31.6 Å². The van der Waals surface area contributed by atoms with Gasteiger partial charge in [-0.15, -0.1) is 0 Å². The lowest BCUT2D eigenvalue weighted by Gasteiger charge is -2.01. The zero-order chi connectivity index (χ0) is 7.82. The van der Waals surface area contributed by atoms with E-state index in [1.807, 2.05) is 0 Å². The normalized spacial score (nSPS) is 9.30. The van der Waals surface area contributed by atoms with E-state index >= 15 is 0 Å². The van der Waals surface area contributed by atoms with Crippen molar-refractivity contribution >= 4 is 17.3 Å². The zero-order valence-electron chi connectivity index (χ0n) is 6.10. The highest BCUT2D eigenvalue weighted by Gasteiger charge is 1.87. The van der Waals surface area contributed by atoms with Crippen LogP contribution in [0.1, 0.15) is 19.3 Å². The quantitative estimate of drug-likeness (QED) is 0.391. The Morgan fingerprint density at radius 1 is 1.30 bits per heavy atom. The van der Waals surface area contributed by atoms with Crippen molar-refractivity contribution in [2.24, 2.45) is 11.5 Å². The summed E-state index contributed by atoms with van der Waals surface area (Å²) in [6, 6.07) is 0. The highest BCUT2D eigenvalue weighted by atomic mass is 32.1. The van der Waals surface area contributed by atoms with Gasteiger partial charge in [-0.1, -0.05) is 6.42 Å². The molecule has 0 bridgehead atoms. The molecule has 0 rings (SSSR count). The third-order valence-electron chi connectivity index (χ3n) is 1.18. The lowest BCUT2D eigenvalue weighted by atomic mass is 10.2. The van der Waals surface area contributed by atoms with Crippen LogP contribution < -0.4 is 16.8 Å². The van der Waals surface area contributed by atoms with Crippen molar-refractivity contribution in [3.63, 3.8) is 0 Å². The Bertz CT molecular complexity index is 95.0. The van der Waals surface area contributed by atoms with E-state index in [0.29, 0.717) is 5.11 Å². The van der Waals surface area contributed by atoms with E-state index in [-0.39, 0.29) is 0 Å². The molecule has 0 amide bonds. The number of hydrogen-bond acceptors (Lipinski definition) is 2. The molecular weight excluding hydrogens is 146 g/mol. The van der Waals surface area contributed by atoms with Crippen molar-refractivity contribution in [3.8, 4) is 0 Å². The van der Waals surface area contributed by atoms with Gasteiger partial charge in [0.2, 0.25) is 0 Å². The van der Waals surface area contributed by atoms with Gasteiger partial charge >= 0.3 is 0 Å². The van der Waals surface area contributed by atoms with Crippen molar-refractivity contribution in [1.82, 2.24) is 5.32 Å². The third kappa shape index (κ3) is 7.65. The molecule has 0 aliphatic carbocycles. The first-order valence-electron chi connectivity index (χ1n) is 3.50. The second kappa shape index (κ2) is 6.77. The summed E-state index contributed by atoms with van der Waals surface area (Å²) < 4.78 is 0. The van der Waals surface area contributed by atoms with Crippen LogP contribution in [0.25, 0.3) is 0 Å². The Labute approximate surface area is 67.2 Å². The fourth-order valence-corrected chi connectivity index (χ4v) is 0.760. The van der Waals surface area contributed by atoms with E-state index < -0.39 is 0 Å². The fourth-order valence-electron chi connectivity index (χ4n) is 0.658. The Morgan fingerprint density at radius 3 is 2.50 bits per heavy atom. The molecule has 0 aromatic carbocycles. The summed E-state index contributed by atoms with van der Waals surface area (Å²) in [5, 5.41) is 3.25. The van der Waals surface area contributed by atoms with Gasteiger partial charge in [-0.3, -0.25) is 0 Å². The number of unbranched alkanes of at least 4 members (excludes halogenated alkanes) is 2. The van der Waals surface area contributed by atoms with Crippen LogP contribution in [0.3, 0.4) is 0 Å². The molecule has 5 N–H and O–H groups in total. The fraction of sp³-hybridized carbons (Fsp3) is 0.833. The van der Waals surface area contributed by atoms with Crippen molar-refractivity contribution in [3.05, 3.63) is 0 Å². The van der Waals surface area contributed by atoms with Gasteiger partial charge in [0, 0.05) is 6.54 Å². The first kappa shape index (κ1) is 9.65. The number of thiocarbonyl (C=S) groups is 1. The minimum atomic E-state index is 0.382. The molecule has 0 aromatic heterocycles. The maximum Gasteiger partial charge on any atom is 0.163 e. The van der Waals surface area contributed by atoms with E-state index in [2.05, 4.69) is 17.5 Å². The zero-order valence-corrected chi connectivity index (χ0v) is 6.91. The lowest BCUT2D eigenvalue weighted by Crippen LogP contribution is -2.29. The summed E-state index contributed by atoms with van der Waals surface area (Å²) >= 11 is 4.62. The van der Waals surface area contributed by atoms with Crippen molar-refractivity contribution in [1.29, 1.82) is 0 Å². The van der Waals surface area contributed by atoms with Crippen LogP contribution in [0.2, 0.25) is 0 Å². The first-order valence-corrected chi connectivity index (χ1v) is 3.91. The molecular formula is C6H15N3S. The monoisotopic (exact) mass is 161 g/mol. The van der Waals surface area contributed by atoms with E-state index in [4.69, 9.17) is 11.5 Å². The largest absolute Gasteiger partial charge is 0.376 e. The Hall–Kier alpha value is -0.350. The maximum atomic E-state index is 5.30. The van der Waals surface area contributed by atoms with Crippen LogP contribution in [-0.2, 0) is 0 Å². The van der Waals surface area contributed by atoms with Gasteiger partial charge in [0.15, 0.2) is 5.11 Å². The molecule has 0 aromatic rings. The summed E-state index contributed by atoms with van der Waals surface area (Å²) in [7, 11) is 0. The summed E-state index contributed by atoms with van der Waals surface area (Å²) in [6.45, 7) is 1.64. The van der Waals surface area contributed by atoms with E-state index in [9.17, 15) is 0 Å². The molecule has 0 radical (unpaired) electrons. The van der Waals surface area contributed by atoms with E-state index in [1.165, 1.54) is 0 Å². The number of nitrogens with two attached hydrogens (primary N) is 2. The molecule has 0 saturated heterocycles. The molecule has 4 heteroatoms. The molecule has 0 saturated carbocycles. The summed E-state index contributed by atoms with van der Waals surface area (Å²) in [6.07, 6.45) is 3.32. The van der Waals surface area contributed by atoms with Gasteiger partial charge in [0.05, 0.1) is 0 Å². The highest BCUT2D eigenvalue weighted by molar-refractivity contribution is 7.80. The number of rotatable bonds is 5. The molecule has 0 unspecified atom stereocenters. The molecule has 3 nitrogen and oxygen atoms in total. The van der Waals surface area contributed by atoms with Crippen LogP contribution in [0, 0.1) is 0 Å². The minimum absolute atomic E-state index is 0.382. The van der Waals surface area contributed by atoms with Crippen molar-refractivity contribution in [2.45, 2.75) is 19.3 Å². The topological polar surface area (TPSA) is 64.1 Å². The number of hydrogen-bond donors (Lipinski definition) is 3. The predicted octanol–water partition coefficient (Wildman–Crippen LogP) is -0.0514. The summed E-state index contributed by atoms with van der Waals surface area (Å²) in [5.41, 5.74) is 10.5. The summed E-state index contributed by atoms with van der Waals surface area (Å²) in [5.74, 6) is 0. The Balaban J connectivity index is 2.84. The average molecular weight is 161 g/mol. The van der Waals surface area contributed by atoms with Gasteiger partial charge in [-0.2, -0.15) is 0 Å². The molecule has 0 fully saturated rings. The van der Waals surface area contributed by atoms with Crippen LogP contribution in [0.15, 0.2) is 0 Å². The predicted molar refractivity (Wildman–Crippen MR) is 47.7 cm³/mol. The standard InChI is InChI=1S/C6H15N3S/c7-4-2-1-3-5-9-6(8)10/h1-5,7H2,(H3,8,9,10). The molecule has 0 aliphatic rings. The van der Waals surface area contributed by atoms with E-state index in [1.54, 1.807) is 0 Å². The van der Waals surface area contributed by atoms with Gasteiger partial charge in [0.25, 0.3) is 0 Å². The third-order valence-corrected chi connectivity index (χ3v) is 1.32. The van der Waals surface area contributed by atoms with Gasteiger partial charge in [-0.25, -0.2) is 0 Å². The molecule has 0 spiro atoms. The second-order valence-corrected chi connectivity index (χ2v) is 2.58. The summed E-state index contributed by atoms with van der Waals surface area (Å²) in [4.78, 5) is 0. The molecule has 0 heterocycles. The average Bonchev–Trinajstić information content (AvgIpc) is 1.87. The molecule has 60 valence electrons. The van der Waals surface area contributed by atoms with Crippen LogP contribution in [-0.4, -0.2) is 18.2 Å². The molecule has 0 atom stereocenters. The first-order chi connectivity index (χ1) is 4.77. The SMILES string of the molecule is NCCCCCNC(N)=S. The number of nitrogens with one attached hydrogen (secondary N) is 1. The minimum Gasteiger partial charge on any atom is -0.376 e. The molecule has 0 aliphatic heterocycles. The Kier molecular flexibility index (Phi) is 6.53. The van der Waals surface area contributed by atoms with Gasteiger partial charge < -0.3 is 16.8 Å².